The van der Waals surface area contributed by atoms with E-state index in [9.17, 15) is 9.59 Å². The Bertz CT molecular complexity index is 1160. The number of carbonyl (C=O) groups is 2. The van der Waals surface area contributed by atoms with Gasteiger partial charge < -0.3 is 14.8 Å². The number of hydrogen-bond donors (Lipinski definition) is 2. The van der Waals surface area contributed by atoms with Crippen LogP contribution in [0.1, 0.15) is 17.5 Å². The number of fused-ring (bicyclic) bond motifs is 1. The maximum absolute atomic E-state index is 12.0. The third kappa shape index (κ3) is 5.86. The molecule has 0 radical (unpaired) electrons. The molecule has 2 N–H and O–H groups in total. The second-order valence-electron chi connectivity index (χ2n) is 7.08. The molecule has 0 aliphatic carbocycles. The van der Waals surface area contributed by atoms with E-state index in [-0.39, 0.29) is 18.4 Å². The average molecular weight is 450 g/mol. The highest BCUT2D eigenvalue weighted by molar-refractivity contribution is 6.30. The Hall–Kier alpha value is -3.84. The molecule has 0 saturated heterocycles. The molecule has 1 aliphatic rings. The quantitative estimate of drug-likeness (QED) is 0.409. The maximum atomic E-state index is 12.0. The van der Waals surface area contributed by atoms with Gasteiger partial charge in [0.05, 0.1) is 6.21 Å². The predicted octanol–water partition coefficient (Wildman–Crippen LogP) is 4.55. The molecule has 2 amide bonds. The van der Waals surface area contributed by atoms with Crippen LogP contribution in [0.2, 0.25) is 5.02 Å². The van der Waals surface area contributed by atoms with Gasteiger partial charge in [-0.25, -0.2) is 5.43 Å². The summed E-state index contributed by atoms with van der Waals surface area (Å²) in [5, 5.41) is 7.41. The fourth-order valence-electron chi connectivity index (χ4n) is 3.11. The molecule has 7 nitrogen and oxygen atoms in total. The first-order chi connectivity index (χ1) is 15.5. The van der Waals surface area contributed by atoms with E-state index in [1.165, 1.54) is 6.21 Å². The lowest BCUT2D eigenvalue weighted by molar-refractivity contribution is -0.123. The number of nitrogens with one attached hydrogen (secondary N) is 2. The fraction of sp³-hybridized carbons (Fsp3) is 0.125. The van der Waals surface area contributed by atoms with Gasteiger partial charge in [0.15, 0.2) is 6.61 Å². The molecule has 0 aromatic heterocycles. The van der Waals surface area contributed by atoms with Crippen LogP contribution in [0.3, 0.4) is 0 Å². The summed E-state index contributed by atoms with van der Waals surface area (Å²) in [6, 6.07) is 19.7. The van der Waals surface area contributed by atoms with Crippen molar-refractivity contribution < 1.29 is 19.1 Å². The third-order valence-electron chi connectivity index (χ3n) is 4.65. The molecule has 4 rings (SSSR count). The molecule has 3 aromatic carbocycles. The van der Waals surface area contributed by atoms with Gasteiger partial charge in [-0.15, -0.1) is 0 Å². The monoisotopic (exact) mass is 449 g/mol. The minimum absolute atomic E-state index is 0.00508. The van der Waals surface area contributed by atoms with Crippen molar-refractivity contribution >= 4 is 35.3 Å². The largest absolute Gasteiger partial charge is 0.484 e. The molecule has 0 spiro atoms. The van der Waals surface area contributed by atoms with Crippen molar-refractivity contribution in [3.8, 4) is 17.2 Å². The number of hydrogen-bond acceptors (Lipinski definition) is 5. The van der Waals surface area contributed by atoms with Gasteiger partial charge in [0.1, 0.15) is 17.2 Å². The van der Waals surface area contributed by atoms with E-state index in [4.69, 9.17) is 21.1 Å². The lowest BCUT2D eigenvalue weighted by atomic mass is 10.0. The second kappa shape index (κ2) is 9.98. The Labute approximate surface area is 190 Å². The minimum atomic E-state index is -0.388. The van der Waals surface area contributed by atoms with E-state index in [2.05, 4.69) is 15.8 Å². The number of ether oxygens (including phenoxy) is 2. The van der Waals surface area contributed by atoms with Crippen LogP contribution in [-0.4, -0.2) is 24.6 Å². The zero-order valence-corrected chi connectivity index (χ0v) is 17.8. The number of aryl methyl sites for hydroxylation is 1. The number of benzene rings is 3. The van der Waals surface area contributed by atoms with Crippen LogP contribution in [0, 0.1) is 0 Å². The Morgan fingerprint density at radius 3 is 2.69 bits per heavy atom. The number of anilines is 1. The lowest BCUT2D eigenvalue weighted by Crippen LogP contribution is -2.24. The molecule has 0 fully saturated rings. The first-order valence-electron chi connectivity index (χ1n) is 9.96. The van der Waals surface area contributed by atoms with Crippen molar-refractivity contribution in [3.63, 3.8) is 0 Å². The van der Waals surface area contributed by atoms with Gasteiger partial charge in [-0.2, -0.15) is 5.10 Å². The van der Waals surface area contributed by atoms with E-state index in [1.807, 2.05) is 24.3 Å². The molecule has 0 bridgehead atoms. The second-order valence-corrected chi connectivity index (χ2v) is 7.51. The van der Waals surface area contributed by atoms with Crippen LogP contribution in [0.5, 0.6) is 17.2 Å². The molecule has 1 heterocycles. The lowest BCUT2D eigenvalue weighted by Gasteiger charge is -2.17. The number of hydrazone groups is 1. The van der Waals surface area contributed by atoms with Crippen molar-refractivity contribution in [1.29, 1.82) is 0 Å². The Morgan fingerprint density at radius 2 is 1.84 bits per heavy atom. The highest BCUT2D eigenvalue weighted by Gasteiger charge is 2.15. The van der Waals surface area contributed by atoms with Gasteiger partial charge in [-0.3, -0.25) is 9.59 Å². The zero-order chi connectivity index (χ0) is 22.3. The average Bonchev–Trinajstić information content (AvgIpc) is 2.79. The highest BCUT2D eigenvalue weighted by atomic mass is 35.5. The van der Waals surface area contributed by atoms with Crippen molar-refractivity contribution in [1.82, 2.24) is 5.43 Å². The molecular weight excluding hydrogens is 430 g/mol. The summed E-state index contributed by atoms with van der Waals surface area (Å²) >= 11 is 5.88. The molecule has 0 atom stereocenters. The van der Waals surface area contributed by atoms with Crippen molar-refractivity contribution in [2.75, 3.05) is 11.9 Å². The van der Waals surface area contributed by atoms with Gasteiger partial charge >= 0.3 is 0 Å². The Morgan fingerprint density at radius 1 is 1.03 bits per heavy atom. The normalized spacial score (nSPS) is 12.7. The van der Waals surface area contributed by atoms with Gasteiger partial charge in [0, 0.05) is 17.1 Å². The molecule has 162 valence electrons. The molecule has 1 aliphatic heterocycles. The van der Waals surface area contributed by atoms with Crippen molar-refractivity contribution in [3.05, 3.63) is 82.9 Å². The zero-order valence-electron chi connectivity index (χ0n) is 17.0. The standard InChI is InChI=1S/C24H20ClN3O4/c25-18-5-7-19(8-6-18)32-21-3-1-2-16(12-21)14-26-28-24(30)15-31-20-9-10-22-17(13-20)4-11-23(29)27-22/h1-3,5-10,12-14H,4,11,15H2,(H,27,29)(H,28,30)/b26-14+. The van der Waals surface area contributed by atoms with Gasteiger partial charge in [0.25, 0.3) is 5.91 Å². The summed E-state index contributed by atoms with van der Waals surface area (Å²) in [6.45, 7) is -0.178. The van der Waals surface area contributed by atoms with Crippen LogP contribution < -0.4 is 20.2 Å². The number of nitrogens with zero attached hydrogens (tertiary/aromatic N) is 1. The number of halogens is 1. The molecule has 3 aromatic rings. The Kier molecular flexibility index (Phi) is 6.67. The third-order valence-corrected chi connectivity index (χ3v) is 4.90. The van der Waals surface area contributed by atoms with Crippen LogP contribution >= 0.6 is 11.6 Å². The summed E-state index contributed by atoms with van der Waals surface area (Å²) in [5.74, 6) is 1.48. The van der Waals surface area contributed by atoms with Crippen LogP contribution in [0.15, 0.2) is 71.8 Å². The van der Waals surface area contributed by atoms with E-state index in [0.717, 1.165) is 16.8 Å². The maximum Gasteiger partial charge on any atom is 0.277 e. The number of carbonyl (C=O) groups excluding carboxylic acids is 2. The summed E-state index contributed by atoms with van der Waals surface area (Å²) in [5.41, 5.74) is 4.97. The SMILES string of the molecule is O=C(COc1ccc2c(c1)CCC(=O)N2)N/N=C/c1cccc(Oc2ccc(Cl)cc2)c1. The minimum Gasteiger partial charge on any atom is -0.484 e. The van der Waals surface area contributed by atoms with Crippen molar-refractivity contribution in [2.24, 2.45) is 5.10 Å². The Balaban J connectivity index is 1.27. The van der Waals surface area contributed by atoms with Crippen molar-refractivity contribution in [2.45, 2.75) is 12.8 Å². The van der Waals surface area contributed by atoms with Gasteiger partial charge in [-0.1, -0.05) is 23.7 Å². The molecule has 0 unspecified atom stereocenters. The first-order valence-corrected chi connectivity index (χ1v) is 10.3. The predicted molar refractivity (Wildman–Crippen MR) is 123 cm³/mol. The molecular formula is C24H20ClN3O4. The highest BCUT2D eigenvalue weighted by Crippen LogP contribution is 2.27. The summed E-state index contributed by atoms with van der Waals surface area (Å²) < 4.78 is 11.3. The summed E-state index contributed by atoms with van der Waals surface area (Å²) in [7, 11) is 0. The number of amides is 2. The van der Waals surface area contributed by atoms with E-state index in [0.29, 0.717) is 35.1 Å². The fourth-order valence-corrected chi connectivity index (χ4v) is 3.23. The molecule has 0 saturated carbocycles. The van der Waals surface area contributed by atoms with Crippen LogP contribution in [-0.2, 0) is 16.0 Å². The van der Waals surface area contributed by atoms with Crippen LogP contribution in [0.4, 0.5) is 5.69 Å². The van der Waals surface area contributed by atoms with E-state index >= 15 is 0 Å². The topological polar surface area (TPSA) is 89.0 Å². The summed E-state index contributed by atoms with van der Waals surface area (Å²) in [4.78, 5) is 23.5. The van der Waals surface area contributed by atoms with Gasteiger partial charge in [0.2, 0.25) is 5.91 Å². The van der Waals surface area contributed by atoms with Gasteiger partial charge in [-0.05, 0) is 72.1 Å². The van der Waals surface area contributed by atoms with Crippen LogP contribution in [0.25, 0.3) is 0 Å². The number of rotatable bonds is 7. The smallest absolute Gasteiger partial charge is 0.277 e. The first kappa shape index (κ1) is 21.4. The van der Waals surface area contributed by atoms with E-state index < -0.39 is 0 Å². The molecule has 32 heavy (non-hydrogen) atoms. The molecule has 8 heteroatoms. The summed E-state index contributed by atoms with van der Waals surface area (Å²) in [6.07, 6.45) is 2.61. The van der Waals surface area contributed by atoms with E-state index in [1.54, 1.807) is 42.5 Å².